The van der Waals surface area contributed by atoms with Gasteiger partial charge in [-0.05, 0) is 149 Å². The normalized spacial score (nSPS) is 18.4. The van der Waals surface area contributed by atoms with E-state index in [2.05, 4.69) is 146 Å². The van der Waals surface area contributed by atoms with Crippen molar-refractivity contribution in [3.05, 3.63) is 178 Å². The highest BCUT2D eigenvalue weighted by atomic mass is 31.1. The van der Waals surface area contributed by atoms with Gasteiger partial charge in [-0.2, -0.15) is 0 Å². The van der Waals surface area contributed by atoms with Gasteiger partial charge in [0.05, 0.1) is 0 Å². The Balaban J connectivity index is 1.09. The van der Waals surface area contributed by atoms with Gasteiger partial charge in [0, 0.05) is 0 Å². The van der Waals surface area contributed by atoms with Crippen LogP contribution in [0.1, 0.15) is 57.3 Å². The predicted molar refractivity (Wildman–Crippen MR) is 228 cm³/mol. The van der Waals surface area contributed by atoms with E-state index in [-0.39, 0.29) is 0 Å². The van der Waals surface area contributed by atoms with Crippen molar-refractivity contribution in [2.24, 2.45) is 0 Å². The molecule has 2 heteroatoms. The second-order valence-electron chi connectivity index (χ2n) is 15.1. The molecule has 0 spiro atoms. The van der Waals surface area contributed by atoms with Gasteiger partial charge in [-0.25, -0.2) is 0 Å². The van der Waals surface area contributed by atoms with E-state index in [1.807, 2.05) is 0 Å². The van der Waals surface area contributed by atoms with Crippen molar-refractivity contribution in [3.63, 3.8) is 0 Å². The summed E-state index contributed by atoms with van der Waals surface area (Å²) in [5, 5.41) is 8.80. The van der Waals surface area contributed by atoms with Crippen molar-refractivity contribution in [1.29, 1.82) is 0 Å². The fourth-order valence-electron chi connectivity index (χ4n) is 9.76. The summed E-state index contributed by atoms with van der Waals surface area (Å²) >= 11 is 0. The molecule has 2 aliphatic heterocycles. The first-order valence-corrected chi connectivity index (χ1v) is 22.4. The van der Waals surface area contributed by atoms with Gasteiger partial charge >= 0.3 is 0 Å². The molecule has 2 aliphatic carbocycles. The first-order chi connectivity index (χ1) is 25.8. The summed E-state index contributed by atoms with van der Waals surface area (Å²) in [6.45, 7) is 0. The van der Waals surface area contributed by atoms with Crippen LogP contribution in [0.3, 0.4) is 0 Å². The molecule has 0 saturated heterocycles. The number of benzene rings is 7. The molecule has 0 bridgehead atoms. The van der Waals surface area contributed by atoms with E-state index >= 15 is 0 Å². The van der Waals surface area contributed by atoms with Crippen LogP contribution in [0.4, 0.5) is 0 Å². The molecule has 2 unspecified atom stereocenters. The summed E-state index contributed by atoms with van der Waals surface area (Å²) in [7, 11) is -0.951. The highest BCUT2D eigenvalue weighted by Crippen LogP contribution is 2.56. The lowest BCUT2D eigenvalue weighted by molar-refractivity contribution is 0.984. The minimum atomic E-state index is -0.477. The minimum Gasteiger partial charge on any atom is -0.0836 e. The van der Waals surface area contributed by atoms with E-state index in [0.717, 1.165) is 50.3 Å². The molecule has 0 saturated carbocycles. The van der Waals surface area contributed by atoms with Gasteiger partial charge in [0.25, 0.3) is 0 Å². The second-order valence-corrected chi connectivity index (χ2v) is 19.5. The van der Waals surface area contributed by atoms with Gasteiger partial charge in [0.2, 0.25) is 0 Å². The topological polar surface area (TPSA) is 0 Å². The molecule has 250 valence electrons. The average molecular weight is 703 g/mol. The Hall–Kier alpha value is -4.60. The van der Waals surface area contributed by atoms with E-state index in [4.69, 9.17) is 0 Å². The average Bonchev–Trinajstić information content (AvgIpc) is 3.49. The van der Waals surface area contributed by atoms with Crippen LogP contribution in [-0.4, -0.2) is 0 Å². The van der Waals surface area contributed by atoms with Crippen LogP contribution < -0.4 is 10.6 Å². The van der Waals surface area contributed by atoms with Crippen molar-refractivity contribution >= 4 is 60.1 Å². The Morgan fingerprint density at radius 3 is 1.58 bits per heavy atom. The maximum atomic E-state index is 2.53. The Morgan fingerprint density at radius 1 is 0.385 bits per heavy atom. The molecule has 0 amide bonds. The molecule has 0 aromatic heterocycles. The zero-order chi connectivity index (χ0) is 34.2. The highest BCUT2D eigenvalue weighted by Gasteiger charge is 2.32. The minimum absolute atomic E-state index is 0.473. The maximum Gasteiger partial charge on any atom is -0.00232 e. The summed E-state index contributed by atoms with van der Waals surface area (Å²) in [5.41, 5.74) is 18.2. The summed E-state index contributed by atoms with van der Waals surface area (Å²) in [6, 6.07) is 47.5. The van der Waals surface area contributed by atoms with Crippen molar-refractivity contribution in [2.45, 2.75) is 50.3 Å². The molecule has 2 atom stereocenters. The number of aryl methyl sites for hydroxylation is 1. The van der Waals surface area contributed by atoms with E-state index in [1.165, 1.54) is 71.6 Å². The third-order valence-corrected chi connectivity index (χ3v) is 17.3. The fraction of sp³-hybridized carbons (Fsp3) is 0.160. The van der Waals surface area contributed by atoms with Crippen LogP contribution >= 0.6 is 15.8 Å². The van der Waals surface area contributed by atoms with Crippen LogP contribution in [0.15, 0.2) is 133 Å². The first kappa shape index (κ1) is 31.0. The molecule has 0 nitrogen and oxygen atoms in total. The third-order valence-electron chi connectivity index (χ3n) is 12.1. The first-order valence-electron chi connectivity index (χ1n) is 19.0. The molecule has 0 fully saturated rings. The molecule has 4 aliphatic rings. The van der Waals surface area contributed by atoms with E-state index in [1.54, 1.807) is 27.3 Å². The Labute approximate surface area is 309 Å². The fourth-order valence-corrected chi connectivity index (χ4v) is 15.6. The Bertz CT molecular complexity index is 2660. The van der Waals surface area contributed by atoms with Crippen molar-refractivity contribution in [2.75, 3.05) is 0 Å². The van der Waals surface area contributed by atoms with Crippen molar-refractivity contribution < 1.29 is 0 Å². The van der Waals surface area contributed by atoms with Crippen LogP contribution in [0.5, 0.6) is 0 Å². The Kier molecular flexibility index (Phi) is 7.46. The van der Waals surface area contributed by atoms with Crippen LogP contribution in [0.25, 0.3) is 56.0 Å². The standard InChI is InChI=1S/C50H40P2/c1-5-15-41-33(11-1)21-25-37-29-51(30-38-26-22-34-12-2-6-16-42(34)48(38)47(37)41)45-19-9-10-20-46(45)52-31-39-27-23-35-13-3-7-17-43(35)49(39)50-40(32-52)28-24-36-14-4-8-18-44(36)50/h1-3,5,7-13,15,17-28H,4,6,14,16,29-32H2. The molecule has 2 heterocycles. The zero-order valence-electron chi connectivity index (χ0n) is 29.4. The predicted octanol–water partition coefficient (Wildman–Crippen LogP) is 12.9. The van der Waals surface area contributed by atoms with E-state index in [9.17, 15) is 0 Å². The summed E-state index contributed by atoms with van der Waals surface area (Å²) < 4.78 is 0. The summed E-state index contributed by atoms with van der Waals surface area (Å²) in [6.07, 6.45) is 18.6. The lowest BCUT2D eigenvalue weighted by Gasteiger charge is -2.26. The smallest absolute Gasteiger partial charge is 0.00232 e. The van der Waals surface area contributed by atoms with Crippen LogP contribution in [0.2, 0.25) is 0 Å². The molecular formula is C50H40P2. The van der Waals surface area contributed by atoms with Crippen molar-refractivity contribution in [3.8, 4) is 22.3 Å². The maximum absolute atomic E-state index is 2.53. The lowest BCUT2D eigenvalue weighted by Crippen LogP contribution is -2.23. The molecule has 7 aromatic carbocycles. The van der Waals surface area contributed by atoms with Gasteiger partial charge in [0.1, 0.15) is 0 Å². The summed E-state index contributed by atoms with van der Waals surface area (Å²) in [5.74, 6) is 0. The van der Waals surface area contributed by atoms with Crippen molar-refractivity contribution in [1.82, 2.24) is 0 Å². The van der Waals surface area contributed by atoms with E-state index < -0.39 is 15.8 Å². The lowest BCUT2D eigenvalue weighted by atomic mass is 9.83. The summed E-state index contributed by atoms with van der Waals surface area (Å²) in [4.78, 5) is 0. The van der Waals surface area contributed by atoms with Gasteiger partial charge in [0.15, 0.2) is 0 Å². The number of allylic oxidation sites excluding steroid dienone is 2. The molecular weight excluding hydrogens is 662 g/mol. The quantitative estimate of drug-likeness (QED) is 0.157. The highest BCUT2D eigenvalue weighted by molar-refractivity contribution is 7.70. The SMILES string of the molecule is C1=Cc2c(ccc3c2-c2c(ccc4ccccc24)CP(c2ccccc2P2Cc4ccc5c(c4-c4c(ccc6ccccc46)C2)CCC=C5)C3)CC1. The van der Waals surface area contributed by atoms with Gasteiger partial charge in [-0.15, -0.1) is 0 Å². The van der Waals surface area contributed by atoms with Crippen LogP contribution in [-0.2, 0) is 37.5 Å². The second kappa shape index (κ2) is 12.5. The number of hydrogen-bond acceptors (Lipinski definition) is 0. The molecule has 52 heavy (non-hydrogen) atoms. The number of hydrogen-bond donors (Lipinski definition) is 0. The van der Waals surface area contributed by atoms with Gasteiger partial charge in [-0.3, -0.25) is 0 Å². The zero-order valence-corrected chi connectivity index (χ0v) is 31.2. The number of rotatable bonds is 2. The molecule has 7 aromatic rings. The van der Waals surface area contributed by atoms with Crippen LogP contribution in [0, 0.1) is 0 Å². The molecule has 0 N–H and O–H groups in total. The number of fused-ring (bicyclic) bond motifs is 14. The molecule has 11 rings (SSSR count). The third kappa shape index (κ3) is 4.95. The monoisotopic (exact) mass is 702 g/mol. The Morgan fingerprint density at radius 2 is 0.885 bits per heavy atom. The van der Waals surface area contributed by atoms with E-state index in [0.29, 0.717) is 0 Å². The molecule has 0 radical (unpaired) electrons. The van der Waals surface area contributed by atoms with Gasteiger partial charge in [-0.1, -0.05) is 161 Å². The van der Waals surface area contributed by atoms with Gasteiger partial charge < -0.3 is 0 Å². The largest absolute Gasteiger partial charge is 0.0836 e.